The van der Waals surface area contributed by atoms with Crippen molar-refractivity contribution in [3.63, 3.8) is 0 Å². The van der Waals surface area contributed by atoms with Crippen LogP contribution in [0.3, 0.4) is 0 Å². The summed E-state index contributed by atoms with van der Waals surface area (Å²) >= 11 is 0. The van der Waals surface area contributed by atoms with Crippen LogP contribution in [0.2, 0.25) is 0 Å². The zero-order valence-corrected chi connectivity index (χ0v) is 17.5. The Balaban J connectivity index is 1.74. The van der Waals surface area contributed by atoms with Crippen molar-refractivity contribution in [1.29, 1.82) is 0 Å². The Kier molecular flexibility index (Phi) is 5.31. The van der Waals surface area contributed by atoms with E-state index in [0.29, 0.717) is 11.3 Å². The van der Waals surface area contributed by atoms with Gasteiger partial charge in [0.25, 0.3) is 5.91 Å². The van der Waals surface area contributed by atoms with Crippen LogP contribution < -0.4 is 5.32 Å². The molecule has 0 fully saturated rings. The summed E-state index contributed by atoms with van der Waals surface area (Å²) in [6.45, 7) is 8.43. The maximum absolute atomic E-state index is 13.3. The van der Waals surface area contributed by atoms with Crippen molar-refractivity contribution in [2.24, 2.45) is 5.92 Å². The molecule has 1 atom stereocenters. The Hall–Kier alpha value is -3.55. The van der Waals surface area contributed by atoms with Gasteiger partial charge in [0, 0.05) is 6.04 Å². The van der Waals surface area contributed by atoms with E-state index in [1.807, 2.05) is 36.4 Å². The number of para-hydroxylation sites is 3. The monoisotopic (exact) mass is 403 g/mol. The first-order valence-corrected chi connectivity index (χ1v) is 10.1. The molecule has 30 heavy (non-hydrogen) atoms. The number of nitrogens with one attached hydrogen (secondary N) is 1. The molecule has 0 saturated heterocycles. The molecule has 8 nitrogen and oxygen atoms in total. The number of tetrazole rings is 1. The molecule has 154 valence electrons. The topological polar surface area (TPSA) is 90.5 Å². The van der Waals surface area contributed by atoms with E-state index in [1.165, 1.54) is 11.0 Å². The minimum atomic E-state index is -0.255. The number of imidazole rings is 1. The van der Waals surface area contributed by atoms with Crippen molar-refractivity contribution >= 4 is 16.9 Å². The predicted octanol–water partition coefficient (Wildman–Crippen LogP) is 3.72. The van der Waals surface area contributed by atoms with E-state index in [2.05, 4.69) is 59.2 Å². The van der Waals surface area contributed by atoms with Crippen LogP contribution in [0.4, 0.5) is 0 Å². The van der Waals surface area contributed by atoms with Crippen LogP contribution >= 0.6 is 0 Å². The zero-order chi connectivity index (χ0) is 21.3. The Morgan fingerprint density at radius 1 is 1.00 bits per heavy atom. The summed E-state index contributed by atoms with van der Waals surface area (Å²) in [5, 5.41) is 14.5. The van der Waals surface area contributed by atoms with E-state index < -0.39 is 0 Å². The molecular formula is C22H25N7O. The first-order chi connectivity index (χ1) is 14.5. The van der Waals surface area contributed by atoms with Crippen molar-refractivity contribution < 1.29 is 4.79 Å². The second kappa shape index (κ2) is 8.06. The third-order valence-electron chi connectivity index (χ3n) is 5.12. The summed E-state index contributed by atoms with van der Waals surface area (Å²) < 4.78 is 3.69. The van der Waals surface area contributed by atoms with E-state index in [9.17, 15) is 4.79 Å². The number of fused-ring (bicyclic) bond motifs is 1. The molecule has 0 bridgehead atoms. The van der Waals surface area contributed by atoms with Crippen molar-refractivity contribution in [1.82, 2.24) is 35.1 Å². The molecule has 4 rings (SSSR count). The van der Waals surface area contributed by atoms with E-state index >= 15 is 0 Å². The van der Waals surface area contributed by atoms with Gasteiger partial charge in [0.1, 0.15) is 12.2 Å². The molecule has 0 unspecified atom stereocenters. The Morgan fingerprint density at radius 2 is 1.73 bits per heavy atom. The average molecular weight is 403 g/mol. The lowest BCUT2D eigenvalue weighted by atomic mass is 10.0. The van der Waals surface area contributed by atoms with Gasteiger partial charge < -0.3 is 9.88 Å². The minimum absolute atomic E-state index is 0.142. The van der Waals surface area contributed by atoms with Gasteiger partial charge in [-0.25, -0.2) is 4.98 Å². The number of carbonyl (C=O) groups excluding carboxylic acids is 1. The van der Waals surface area contributed by atoms with E-state index in [-0.39, 0.29) is 23.9 Å². The van der Waals surface area contributed by atoms with Crippen LogP contribution in [0.5, 0.6) is 0 Å². The highest BCUT2D eigenvalue weighted by Gasteiger charge is 2.27. The number of amides is 1. The van der Waals surface area contributed by atoms with Gasteiger partial charge in [0.2, 0.25) is 0 Å². The SMILES string of the molecule is CC(C)[C@@H](NC(=O)c1ccccc1-n1cnnn1)c1nc2ccccc2n1C(C)C. The van der Waals surface area contributed by atoms with Gasteiger partial charge in [0.05, 0.1) is 28.3 Å². The van der Waals surface area contributed by atoms with Crippen LogP contribution in [-0.2, 0) is 0 Å². The standard InChI is InChI=1S/C22H25N7O/c1-14(2)20(21-24-17-10-6-8-12-19(17)29(21)15(3)4)25-22(30)16-9-5-7-11-18(16)28-13-23-26-27-28/h5-15,20H,1-4H3,(H,25,30)/t20-/m1/s1. The molecule has 1 N–H and O–H groups in total. The third-order valence-corrected chi connectivity index (χ3v) is 5.12. The molecule has 8 heteroatoms. The molecule has 2 heterocycles. The van der Waals surface area contributed by atoms with Crippen LogP contribution in [0.1, 0.15) is 56.0 Å². The lowest BCUT2D eigenvalue weighted by molar-refractivity contribution is 0.0921. The molecule has 0 aliphatic heterocycles. The van der Waals surface area contributed by atoms with Gasteiger partial charge >= 0.3 is 0 Å². The van der Waals surface area contributed by atoms with Crippen molar-refractivity contribution in [2.75, 3.05) is 0 Å². The highest BCUT2D eigenvalue weighted by Crippen LogP contribution is 2.29. The molecule has 0 radical (unpaired) electrons. The number of benzene rings is 2. The fourth-order valence-corrected chi connectivity index (χ4v) is 3.71. The van der Waals surface area contributed by atoms with Gasteiger partial charge in [-0.05, 0) is 54.5 Å². The third kappa shape index (κ3) is 3.56. The molecule has 1 amide bonds. The molecule has 4 aromatic rings. The maximum Gasteiger partial charge on any atom is 0.254 e. The van der Waals surface area contributed by atoms with Crippen molar-refractivity contribution in [3.05, 3.63) is 66.2 Å². The first-order valence-electron chi connectivity index (χ1n) is 10.1. The molecular weight excluding hydrogens is 378 g/mol. The summed E-state index contributed by atoms with van der Waals surface area (Å²) in [6.07, 6.45) is 1.48. The molecule has 0 aliphatic rings. The van der Waals surface area contributed by atoms with Crippen LogP contribution in [0, 0.1) is 5.92 Å². The van der Waals surface area contributed by atoms with Gasteiger partial charge in [-0.1, -0.05) is 38.1 Å². The molecule has 0 aliphatic carbocycles. The quantitative estimate of drug-likeness (QED) is 0.530. The fourth-order valence-electron chi connectivity index (χ4n) is 3.71. The normalized spacial score (nSPS) is 12.6. The Bertz CT molecular complexity index is 1160. The Labute approximate surface area is 174 Å². The maximum atomic E-state index is 13.3. The molecule has 0 spiro atoms. The van der Waals surface area contributed by atoms with Crippen LogP contribution in [-0.4, -0.2) is 35.7 Å². The van der Waals surface area contributed by atoms with Gasteiger partial charge in [-0.3, -0.25) is 4.79 Å². The largest absolute Gasteiger partial charge is 0.342 e. The summed E-state index contributed by atoms with van der Waals surface area (Å²) in [5.74, 6) is 0.806. The lowest BCUT2D eigenvalue weighted by Crippen LogP contribution is -2.34. The zero-order valence-electron chi connectivity index (χ0n) is 17.5. The Morgan fingerprint density at radius 3 is 2.43 bits per heavy atom. The lowest BCUT2D eigenvalue weighted by Gasteiger charge is -2.25. The summed E-state index contributed by atoms with van der Waals surface area (Å²) in [7, 11) is 0. The van der Waals surface area contributed by atoms with Gasteiger partial charge in [0.15, 0.2) is 0 Å². The van der Waals surface area contributed by atoms with E-state index in [1.54, 1.807) is 6.07 Å². The van der Waals surface area contributed by atoms with Crippen molar-refractivity contribution in [3.8, 4) is 5.69 Å². The highest BCUT2D eigenvalue weighted by molar-refractivity contribution is 5.98. The van der Waals surface area contributed by atoms with Crippen LogP contribution in [0.25, 0.3) is 16.7 Å². The number of carbonyl (C=O) groups is 1. The second-order valence-corrected chi connectivity index (χ2v) is 7.89. The number of rotatable bonds is 6. The average Bonchev–Trinajstić information content (AvgIpc) is 3.39. The fraction of sp³-hybridized carbons (Fsp3) is 0.318. The van der Waals surface area contributed by atoms with Gasteiger partial charge in [-0.2, -0.15) is 4.68 Å². The number of aromatic nitrogens is 6. The second-order valence-electron chi connectivity index (χ2n) is 7.89. The van der Waals surface area contributed by atoms with Gasteiger partial charge in [-0.15, -0.1) is 5.10 Å². The molecule has 2 aromatic carbocycles. The summed E-state index contributed by atoms with van der Waals surface area (Å²) in [6, 6.07) is 15.3. The summed E-state index contributed by atoms with van der Waals surface area (Å²) in [5.41, 5.74) is 3.12. The number of hydrogen-bond acceptors (Lipinski definition) is 5. The first kappa shape index (κ1) is 19.8. The summed E-state index contributed by atoms with van der Waals surface area (Å²) in [4.78, 5) is 18.2. The molecule has 0 saturated carbocycles. The molecule has 2 aromatic heterocycles. The number of hydrogen-bond donors (Lipinski definition) is 1. The highest BCUT2D eigenvalue weighted by atomic mass is 16.1. The number of nitrogens with zero attached hydrogens (tertiary/aromatic N) is 6. The van der Waals surface area contributed by atoms with E-state index in [0.717, 1.165) is 16.9 Å². The van der Waals surface area contributed by atoms with Crippen LogP contribution in [0.15, 0.2) is 54.9 Å². The minimum Gasteiger partial charge on any atom is -0.342 e. The van der Waals surface area contributed by atoms with E-state index in [4.69, 9.17) is 4.98 Å². The predicted molar refractivity (Wildman–Crippen MR) is 114 cm³/mol. The smallest absolute Gasteiger partial charge is 0.254 e. The van der Waals surface area contributed by atoms with Crippen molar-refractivity contribution in [2.45, 2.75) is 39.8 Å².